The minimum atomic E-state index is -4.06. The van der Waals surface area contributed by atoms with E-state index in [1.807, 2.05) is 0 Å². The van der Waals surface area contributed by atoms with Crippen molar-refractivity contribution in [3.8, 4) is 0 Å². The summed E-state index contributed by atoms with van der Waals surface area (Å²) in [6.07, 6.45) is 0. The average Bonchev–Trinajstić information content (AvgIpc) is 2.31. The largest absolute Gasteiger partial charge is 0.399 e. The predicted octanol–water partition coefficient (Wildman–Crippen LogP) is 3.82. The number of nitrogen functional groups attached to an aromatic ring is 1. The first-order valence-electron chi connectivity index (χ1n) is 5.74. The number of sulfonamides is 1. The van der Waals surface area contributed by atoms with Crippen LogP contribution in [-0.2, 0) is 10.0 Å². The zero-order valence-corrected chi connectivity index (χ0v) is 13.2. The van der Waals surface area contributed by atoms with Gasteiger partial charge in [-0.05, 0) is 36.8 Å². The number of hydrogen-bond acceptors (Lipinski definition) is 3. The second-order valence-electron chi connectivity index (χ2n) is 4.38. The van der Waals surface area contributed by atoms with Crippen molar-refractivity contribution in [2.75, 3.05) is 10.5 Å². The zero-order chi connectivity index (χ0) is 15.8. The molecule has 2 rings (SSSR count). The standard InChI is InChI=1S/C13H11Cl2FN2O2S/c1-7-2-3-9(6-12(7)16)18-21(19,20)13-10(14)4-8(17)5-11(13)15/h2-6,18H,17H2,1H3. The van der Waals surface area contributed by atoms with Gasteiger partial charge in [0.25, 0.3) is 10.0 Å². The van der Waals surface area contributed by atoms with Crippen LogP contribution in [0.2, 0.25) is 10.0 Å². The summed E-state index contributed by atoms with van der Waals surface area (Å²) >= 11 is 11.8. The molecule has 0 saturated heterocycles. The molecule has 0 aromatic heterocycles. The maximum absolute atomic E-state index is 13.5. The summed E-state index contributed by atoms with van der Waals surface area (Å²) in [7, 11) is -4.06. The lowest BCUT2D eigenvalue weighted by Gasteiger charge is -2.12. The van der Waals surface area contributed by atoms with E-state index in [2.05, 4.69) is 4.72 Å². The Labute approximate surface area is 131 Å². The van der Waals surface area contributed by atoms with Gasteiger partial charge in [0.2, 0.25) is 0 Å². The fourth-order valence-corrected chi connectivity index (χ4v) is 3.98. The quantitative estimate of drug-likeness (QED) is 0.828. The summed E-state index contributed by atoms with van der Waals surface area (Å²) in [6, 6.07) is 6.52. The molecule has 0 heterocycles. The highest BCUT2D eigenvalue weighted by atomic mass is 35.5. The zero-order valence-electron chi connectivity index (χ0n) is 10.8. The third kappa shape index (κ3) is 3.40. The highest BCUT2D eigenvalue weighted by Crippen LogP contribution is 2.33. The summed E-state index contributed by atoms with van der Waals surface area (Å²) in [6.45, 7) is 1.57. The Balaban J connectivity index is 2.46. The molecule has 8 heteroatoms. The van der Waals surface area contributed by atoms with Crippen LogP contribution in [0.1, 0.15) is 5.56 Å². The van der Waals surface area contributed by atoms with E-state index >= 15 is 0 Å². The van der Waals surface area contributed by atoms with Crippen LogP contribution in [0, 0.1) is 12.7 Å². The molecule has 0 aliphatic heterocycles. The number of hydrogen-bond donors (Lipinski definition) is 2. The fourth-order valence-electron chi connectivity index (χ4n) is 1.70. The van der Waals surface area contributed by atoms with E-state index in [0.29, 0.717) is 5.56 Å². The molecule has 0 bridgehead atoms. The van der Waals surface area contributed by atoms with Crippen LogP contribution in [0.15, 0.2) is 35.2 Å². The van der Waals surface area contributed by atoms with Crippen molar-refractivity contribution in [2.45, 2.75) is 11.8 Å². The number of halogens is 3. The molecule has 0 unspecified atom stereocenters. The highest BCUT2D eigenvalue weighted by Gasteiger charge is 2.22. The normalized spacial score (nSPS) is 11.4. The molecule has 112 valence electrons. The van der Waals surface area contributed by atoms with E-state index in [1.54, 1.807) is 6.92 Å². The van der Waals surface area contributed by atoms with Crippen LogP contribution < -0.4 is 10.5 Å². The summed E-state index contributed by atoms with van der Waals surface area (Å²) in [5.74, 6) is -0.523. The van der Waals surface area contributed by atoms with E-state index in [-0.39, 0.29) is 26.3 Å². The summed E-state index contributed by atoms with van der Waals surface area (Å²) in [5.41, 5.74) is 6.24. The van der Waals surface area contributed by atoms with Crippen molar-refractivity contribution in [3.05, 3.63) is 51.8 Å². The molecule has 0 saturated carbocycles. The fraction of sp³-hybridized carbons (Fsp3) is 0.0769. The molecule has 3 N–H and O–H groups in total. The van der Waals surface area contributed by atoms with Gasteiger partial charge in [-0.1, -0.05) is 29.3 Å². The van der Waals surface area contributed by atoms with E-state index in [0.717, 1.165) is 6.07 Å². The number of aryl methyl sites for hydroxylation is 1. The second-order valence-corrected chi connectivity index (χ2v) is 6.82. The minimum absolute atomic E-state index is 0.0714. The lowest BCUT2D eigenvalue weighted by molar-refractivity contribution is 0.601. The van der Waals surface area contributed by atoms with Gasteiger partial charge in [-0.2, -0.15) is 0 Å². The number of nitrogens with two attached hydrogens (primary N) is 1. The Morgan fingerprint density at radius 1 is 1.14 bits per heavy atom. The Bertz CT molecular complexity index is 787. The van der Waals surface area contributed by atoms with E-state index in [9.17, 15) is 12.8 Å². The Hall–Kier alpha value is -1.50. The van der Waals surface area contributed by atoms with E-state index in [1.165, 1.54) is 24.3 Å². The van der Waals surface area contributed by atoms with Crippen LogP contribution >= 0.6 is 23.2 Å². The van der Waals surface area contributed by atoms with E-state index in [4.69, 9.17) is 28.9 Å². The van der Waals surface area contributed by atoms with E-state index < -0.39 is 15.8 Å². The smallest absolute Gasteiger partial charge is 0.264 e. The van der Waals surface area contributed by atoms with Crippen molar-refractivity contribution >= 4 is 44.6 Å². The molecular weight excluding hydrogens is 338 g/mol. The second kappa shape index (κ2) is 5.71. The predicted molar refractivity (Wildman–Crippen MR) is 82.8 cm³/mol. The summed E-state index contributed by atoms with van der Waals surface area (Å²) in [5, 5.41) is -0.222. The SMILES string of the molecule is Cc1ccc(NS(=O)(=O)c2c(Cl)cc(N)cc2Cl)cc1F. The van der Waals surface area contributed by atoms with Crippen LogP contribution in [0.5, 0.6) is 0 Å². The molecule has 4 nitrogen and oxygen atoms in total. The van der Waals surface area contributed by atoms with Crippen LogP contribution in [0.4, 0.5) is 15.8 Å². The average molecular weight is 349 g/mol. The van der Waals surface area contributed by atoms with Crippen molar-refractivity contribution < 1.29 is 12.8 Å². The van der Waals surface area contributed by atoms with Gasteiger partial charge in [0.1, 0.15) is 10.7 Å². The topological polar surface area (TPSA) is 72.2 Å². The van der Waals surface area contributed by atoms with Crippen molar-refractivity contribution in [1.29, 1.82) is 0 Å². The third-order valence-corrected chi connectivity index (χ3v) is 5.02. The van der Waals surface area contributed by atoms with Crippen molar-refractivity contribution in [2.24, 2.45) is 0 Å². The highest BCUT2D eigenvalue weighted by molar-refractivity contribution is 7.93. The molecule has 0 aliphatic carbocycles. The number of benzene rings is 2. The molecule has 0 aliphatic rings. The molecule has 0 atom stereocenters. The van der Waals surface area contributed by atoms with Gasteiger partial charge in [0.05, 0.1) is 15.7 Å². The molecule has 0 radical (unpaired) electrons. The molecule has 21 heavy (non-hydrogen) atoms. The lowest BCUT2D eigenvalue weighted by Crippen LogP contribution is -2.14. The first-order chi connectivity index (χ1) is 9.70. The minimum Gasteiger partial charge on any atom is -0.399 e. The first kappa shape index (κ1) is 15.9. The van der Waals surface area contributed by atoms with Crippen LogP contribution in [0.25, 0.3) is 0 Å². The lowest BCUT2D eigenvalue weighted by atomic mass is 10.2. The Morgan fingerprint density at radius 2 is 1.71 bits per heavy atom. The maximum Gasteiger partial charge on any atom is 0.264 e. The van der Waals surface area contributed by atoms with Gasteiger partial charge in [-0.15, -0.1) is 0 Å². The molecule has 2 aromatic carbocycles. The summed E-state index contributed by atoms with van der Waals surface area (Å²) in [4.78, 5) is -0.305. The number of rotatable bonds is 3. The van der Waals surface area contributed by atoms with Gasteiger partial charge in [0, 0.05) is 5.69 Å². The molecule has 0 spiro atoms. The van der Waals surface area contributed by atoms with Gasteiger partial charge in [-0.25, -0.2) is 12.8 Å². The van der Waals surface area contributed by atoms with Crippen LogP contribution in [-0.4, -0.2) is 8.42 Å². The Morgan fingerprint density at radius 3 is 2.24 bits per heavy atom. The number of nitrogens with one attached hydrogen (secondary N) is 1. The van der Waals surface area contributed by atoms with Gasteiger partial charge in [-0.3, -0.25) is 4.72 Å². The monoisotopic (exact) mass is 348 g/mol. The van der Waals surface area contributed by atoms with Crippen molar-refractivity contribution in [3.63, 3.8) is 0 Å². The molecule has 0 fully saturated rings. The van der Waals surface area contributed by atoms with Crippen molar-refractivity contribution in [1.82, 2.24) is 0 Å². The molecular formula is C13H11Cl2FN2O2S. The maximum atomic E-state index is 13.5. The first-order valence-corrected chi connectivity index (χ1v) is 7.98. The molecule has 0 amide bonds. The van der Waals surface area contributed by atoms with Gasteiger partial charge < -0.3 is 5.73 Å². The molecule has 2 aromatic rings. The van der Waals surface area contributed by atoms with Crippen LogP contribution in [0.3, 0.4) is 0 Å². The third-order valence-electron chi connectivity index (χ3n) is 2.71. The van der Waals surface area contributed by atoms with Gasteiger partial charge >= 0.3 is 0 Å². The Kier molecular flexibility index (Phi) is 4.32. The summed E-state index contributed by atoms with van der Waals surface area (Å²) < 4.78 is 40.3. The number of anilines is 2. The van der Waals surface area contributed by atoms with Gasteiger partial charge in [0.15, 0.2) is 0 Å².